The maximum atomic E-state index is 6.64. The first kappa shape index (κ1) is 13.0. The Morgan fingerprint density at radius 1 is 1.11 bits per heavy atom. The van der Waals surface area contributed by atoms with E-state index in [-0.39, 0.29) is 5.38 Å². The van der Waals surface area contributed by atoms with Crippen LogP contribution in [0.1, 0.15) is 22.1 Å². The maximum absolute atomic E-state index is 6.64. The van der Waals surface area contributed by atoms with Gasteiger partial charge < -0.3 is 0 Å². The van der Waals surface area contributed by atoms with Crippen LogP contribution >= 0.6 is 34.5 Å². The van der Waals surface area contributed by atoms with Crippen molar-refractivity contribution in [2.24, 2.45) is 0 Å². The second-order valence-corrected chi connectivity index (χ2v) is 6.40. The van der Waals surface area contributed by atoms with Gasteiger partial charge in [0.05, 0.1) is 5.38 Å². The molecule has 96 valence electrons. The summed E-state index contributed by atoms with van der Waals surface area (Å²) in [5.41, 5.74) is 3.34. The third-order valence-electron chi connectivity index (χ3n) is 3.14. The number of hydrogen-bond donors (Lipinski definition) is 0. The summed E-state index contributed by atoms with van der Waals surface area (Å²) in [4.78, 5) is 0. The second kappa shape index (κ2) is 5.16. The topological polar surface area (TPSA) is 0 Å². The highest BCUT2D eigenvalue weighted by molar-refractivity contribution is 7.17. The Kier molecular flexibility index (Phi) is 3.53. The zero-order valence-electron chi connectivity index (χ0n) is 10.4. The first-order valence-corrected chi connectivity index (χ1v) is 7.72. The van der Waals surface area contributed by atoms with E-state index in [4.69, 9.17) is 23.2 Å². The van der Waals surface area contributed by atoms with Gasteiger partial charge >= 0.3 is 0 Å². The summed E-state index contributed by atoms with van der Waals surface area (Å²) in [7, 11) is 0. The van der Waals surface area contributed by atoms with Crippen molar-refractivity contribution in [3.05, 3.63) is 69.6 Å². The molecule has 1 aromatic heterocycles. The monoisotopic (exact) mass is 306 g/mol. The molecule has 0 bridgehead atoms. The van der Waals surface area contributed by atoms with Gasteiger partial charge in [0.2, 0.25) is 0 Å². The van der Waals surface area contributed by atoms with Crippen molar-refractivity contribution in [1.82, 2.24) is 0 Å². The predicted molar refractivity (Wildman–Crippen MR) is 85.7 cm³/mol. The van der Waals surface area contributed by atoms with Crippen LogP contribution in [0.25, 0.3) is 10.1 Å². The standard InChI is InChI=1S/C16H12Cl2S/c1-10-6-11(8-12(17)7-10)16(18)14-9-19-15-5-3-2-4-13(14)15/h2-9,16H,1H3. The van der Waals surface area contributed by atoms with E-state index in [1.807, 2.05) is 25.1 Å². The minimum atomic E-state index is -0.159. The number of thiophene rings is 1. The first-order chi connectivity index (χ1) is 9.15. The molecular weight excluding hydrogens is 295 g/mol. The van der Waals surface area contributed by atoms with E-state index in [9.17, 15) is 0 Å². The molecular formula is C16H12Cl2S. The van der Waals surface area contributed by atoms with Crippen LogP contribution in [0.3, 0.4) is 0 Å². The minimum absolute atomic E-state index is 0.159. The average molecular weight is 307 g/mol. The fourth-order valence-corrected chi connectivity index (χ4v) is 3.95. The molecule has 0 aliphatic carbocycles. The van der Waals surface area contributed by atoms with Gasteiger partial charge in [-0.25, -0.2) is 0 Å². The van der Waals surface area contributed by atoms with Gasteiger partial charge in [-0.1, -0.05) is 35.9 Å². The van der Waals surface area contributed by atoms with E-state index in [1.165, 1.54) is 10.1 Å². The molecule has 2 aromatic carbocycles. The fourth-order valence-electron chi connectivity index (χ4n) is 2.29. The van der Waals surface area contributed by atoms with Gasteiger partial charge in [-0.15, -0.1) is 22.9 Å². The molecule has 0 saturated heterocycles. The van der Waals surface area contributed by atoms with E-state index >= 15 is 0 Å². The highest BCUT2D eigenvalue weighted by Crippen LogP contribution is 2.38. The van der Waals surface area contributed by atoms with Gasteiger partial charge in [0.1, 0.15) is 0 Å². The molecule has 0 spiro atoms. The normalized spacial score (nSPS) is 12.8. The molecule has 1 heterocycles. The Labute approximate surface area is 126 Å². The Morgan fingerprint density at radius 3 is 2.68 bits per heavy atom. The van der Waals surface area contributed by atoms with Crippen molar-refractivity contribution in [3.63, 3.8) is 0 Å². The Morgan fingerprint density at radius 2 is 1.89 bits per heavy atom. The quantitative estimate of drug-likeness (QED) is 0.495. The molecule has 0 nitrogen and oxygen atoms in total. The summed E-state index contributed by atoms with van der Waals surface area (Å²) in [6.07, 6.45) is 0. The lowest BCUT2D eigenvalue weighted by molar-refractivity contribution is 1.16. The van der Waals surface area contributed by atoms with Gasteiger partial charge in [0.25, 0.3) is 0 Å². The van der Waals surface area contributed by atoms with Crippen molar-refractivity contribution < 1.29 is 0 Å². The SMILES string of the molecule is Cc1cc(Cl)cc(C(Cl)c2csc3ccccc23)c1. The fraction of sp³-hybridized carbons (Fsp3) is 0.125. The number of fused-ring (bicyclic) bond motifs is 1. The molecule has 0 aliphatic heterocycles. The van der Waals surface area contributed by atoms with Crippen molar-refractivity contribution >= 4 is 44.6 Å². The van der Waals surface area contributed by atoms with Crippen LogP contribution < -0.4 is 0 Å². The predicted octanol–water partition coefficient (Wildman–Crippen LogP) is 6.19. The summed E-state index contributed by atoms with van der Waals surface area (Å²) in [5, 5.41) is 3.94. The van der Waals surface area contributed by atoms with Crippen LogP contribution in [0, 0.1) is 6.92 Å². The molecule has 0 radical (unpaired) electrons. The molecule has 0 amide bonds. The molecule has 0 fully saturated rings. The van der Waals surface area contributed by atoms with Crippen LogP contribution in [0.15, 0.2) is 47.8 Å². The van der Waals surface area contributed by atoms with Crippen molar-refractivity contribution in [2.75, 3.05) is 0 Å². The van der Waals surface area contributed by atoms with E-state index < -0.39 is 0 Å². The maximum Gasteiger partial charge on any atom is 0.0850 e. The lowest BCUT2D eigenvalue weighted by atomic mass is 10.0. The zero-order chi connectivity index (χ0) is 13.4. The van der Waals surface area contributed by atoms with Crippen LogP contribution in [-0.2, 0) is 0 Å². The van der Waals surface area contributed by atoms with E-state index in [0.717, 1.165) is 21.7 Å². The van der Waals surface area contributed by atoms with Gasteiger partial charge in [0, 0.05) is 9.72 Å². The number of benzene rings is 2. The summed E-state index contributed by atoms with van der Waals surface area (Å²) in [5.74, 6) is 0. The number of rotatable bonds is 2. The number of halogens is 2. The summed E-state index contributed by atoms with van der Waals surface area (Å²) in [6, 6.07) is 14.3. The van der Waals surface area contributed by atoms with E-state index in [2.05, 4.69) is 29.6 Å². The minimum Gasteiger partial charge on any atom is -0.143 e. The van der Waals surface area contributed by atoms with Gasteiger partial charge in [-0.3, -0.25) is 0 Å². The third kappa shape index (κ3) is 2.51. The second-order valence-electron chi connectivity index (χ2n) is 4.61. The Hall–Kier alpha value is -1.02. The zero-order valence-corrected chi connectivity index (χ0v) is 12.7. The Balaban J connectivity index is 2.10. The van der Waals surface area contributed by atoms with Gasteiger partial charge in [-0.2, -0.15) is 0 Å². The van der Waals surface area contributed by atoms with Crippen LogP contribution in [0.4, 0.5) is 0 Å². The van der Waals surface area contributed by atoms with Gasteiger partial charge in [0.15, 0.2) is 0 Å². The highest BCUT2D eigenvalue weighted by Gasteiger charge is 2.16. The molecule has 1 unspecified atom stereocenters. The van der Waals surface area contributed by atoms with E-state index in [1.54, 1.807) is 11.3 Å². The number of alkyl halides is 1. The molecule has 3 rings (SSSR count). The van der Waals surface area contributed by atoms with Crippen LogP contribution in [0.2, 0.25) is 5.02 Å². The molecule has 0 aliphatic rings. The smallest absolute Gasteiger partial charge is 0.0850 e. The van der Waals surface area contributed by atoms with Gasteiger partial charge in [-0.05, 0) is 52.6 Å². The lowest BCUT2D eigenvalue weighted by Crippen LogP contribution is -1.93. The van der Waals surface area contributed by atoms with Crippen LogP contribution in [0.5, 0.6) is 0 Å². The first-order valence-electron chi connectivity index (χ1n) is 6.02. The highest BCUT2D eigenvalue weighted by atomic mass is 35.5. The molecule has 1 atom stereocenters. The number of aryl methyl sites for hydroxylation is 1. The average Bonchev–Trinajstić information content (AvgIpc) is 2.80. The van der Waals surface area contributed by atoms with E-state index in [0.29, 0.717) is 0 Å². The van der Waals surface area contributed by atoms with Crippen molar-refractivity contribution in [1.29, 1.82) is 0 Å². The molecule has 3 aromatic rings. The van der Waals surface area contributed by atoms with Crippen molar-refractivity contribution in [3.8, 4) is 0 Å². The molecule has 19 heavy (non-hydrogen) atoms. The molecule has 0 N–H and O–H groups in total. The molecule has 0 saturated carbocycles. The van der Waals surface area contributed by atoms with Crippen molar-refractivity contribution in [2.45, 2.75) is 12.3 Å². The lowest BCUT2D eigenvalue weighted by Gasteiger charge is -2.11. The third-order valence-corrected chi connectivity index (χ3v) is 4.83. The molecule has 3 heteroatoms. The summed E-state index contributed by atoms with van der Waals surface area (Å²) < 4.78 is 1.27. The number of hydrogen-bond acceptors (Lipinski definition) is 1. The largest absolute Gasteiger partial charge is 0.143 e. The van der Waals surface area contributed by atoms with Crippen LogP contribution in [-0.4, -0.2) is 0 Å². The Bertz CT molecular complexity index is 710. The summed E-state index contributed by atoms with van der Waals surface area (Å²) in [6.45, 7) is 2.03. The summed E-state index contributed by atoms with van der Waals surface area (Å²) >= 11 is 14.5.